The first-order valence-electron chi connectivity index (χ1n) is 5.23. The van der Waals surface area contributed by atoms with E-state index >= 15 is 0 Å². The van der Waals surface area contributed by atoms with E-state index in [-0.39, 0.29) is 12.6 Å². The van der Waals surface area contributed by atoms with Gasteiger partial charge in [0.2, 0.25) is 0 Å². The first-order valence-corrected chi connectivity index (χ1v) is 5.61. The van der Waals surface area contributed by atoms with Gasteiger partial charge in [0.05, 0.1) is 6.61 Å². The highest BCUT2D eigenvalue weighted by atomic mass is 35.5. The Morgan fingerprint density at radius 2 is 1.80 bits per heavy atom. The Bertz CT molecular complexity index is 286. The monoisotopic (exact) mass is 227 g/mol. The van der Waals surface area contributed by atoms with Crippen LogP contribution in [0, 0.1) is 0 Å². The summed E-state index contributed by atoms with van der Waals surface area (Å²) in [6.07, 6.45) is 0.946. The molecule has 2 nitrogen and oxygen atoms in total. The van der Waals surface area contributed by atoms with Crippen LogP contribution in [0.15, 0.2) is 24.3 Å². The van der Waals surface area contributed by atoms with Crippen molar-refractivity contribution in [2.45, 2.75) is 32.4 Å². The van der Waals surface area contributed by atoms with Crippen LogP contribution in [0.3, 0.4) is 0 Å². The standard InChI is InChI=1S/C12H18ClNO/c1-9(14-10(2)8-15)7-11-3-5-12(13)6-4-11/h3-6,9-10,14-15H,7-8H2,1-2H3/t9?,10-/m0/s1. The van der Waals surface area contributed by atoms with E-state index in [2.05, 4.69) is 12.2 Å². The van der Waals surface area contributed by atoms with Crippen LogP contribution < -0.4 is 5.32 Å². The molecule has 3 heteroatoms. The fraction of sp³-hybridized carbons (Fsp3) is 0.500. The van der Waals surface area contributed by atoms with E-state index in [4.69, 9.17) is 16.7 Å². The third kappa shape index (κ3) is 4.65. The van der Waals surface area contributed by atoms with Gasteiger partial charge in [0.1, 0.15) is 0 Å². The maximum atomic E-state index is 8.91. The van der Waals surface area contributed by atoms with E-state index in [1.54, 1.807) is 0 Å². The van der Waals surface area contributed by atoms with Crippen LogP contribution in [-0.2, 0) is 6.42 Å². The van der Waals surface area contributed by atoms with Gasteiger partial charge < -0.3 is 10.4 Å². The number of nitrogens with one attached hydrogen (secondary N) is 1. The Balaban J connectivity index is 2.44. The Labute approximate surface area is 96.3 Å². The average molecular weight is 228 g/mol. The van der Waals surface area contributed by atoms with Gasteiger partial charge in [-0.1, -0.05) is 23.7 Å². The van der Waals surface area contributed by atoms with Crippen molar-refractivity contribution in [3.05, 3.63) is 34.9 Å². The second-order valence-electron chi connectivity index (χ2n) is 3.98. The van der Waals surface area contributed by atoms with Crippen LogP contribution in [0.4, 0.5) is 0 Å². The van der Waals surface area contributed by atoms with Gasteiger partial charge in [0, 0.05) is 17.1 Å². The smallest absolute Gasteiger partial charge is 0.0582 e. The molecule has 0 radical (unpaired) electrons. The summed E-state index contributed by atoms with van der Waals surface area (Å²) in [6.45, 7) is 4.25. The average Bonchev–Trinajstić information content (AvgIpc) is 2.21. The molecule has 0 bridgehead atoms. The molecule has 0 heterocycles. The highest BCUT2D eigenvalue weighted by Crippen LogP contribution is 2.11. The van der Waals surface area contributed by atoms with Crippen molar-refractivity contribution in [2.75, 3.05) is 6.61 Å². The van der Waals surface area contributed by atoms with E-state index in [1.165, 1.54) is 5.56 Å². The lowest BCUT2D eigenvalue weighted by Gasteiger charge is -2.18. The van der Waals surface area contributed by atoms with Gasteiger partial charge in [-0.3, -0.25) is 0 Å². The van der Waals surface area contributed by atoms with Crippen molar-refractivity contribution in [2.24, 2.45) is 0 Å². The molecule has 2 N–H and O–H groups in total. The lowest BCUT2D eigenvalue weighted by atomic mass is 10.1. The fourth-order valence-electron chi connectivity index (χ4n) is 1.57. The molecule has 1 aromatic rings. The number of hydrogen-bond acceptors (Lipinski definition) is 2. The van der Waals surface area contributed by atoms with Crippen molar-refractivity contribution in [3.8, 4) is 0 Å². The van der Waals surface area contributed by atoms with Crippen molar-refractivity contribution >= 4 is 11.6 Å². The Morgan fingerprint density at radius 1 is 1.20 bits per heavy atom. The molecule has 2 atom stereocenters. The largest absolute Gasteiger partial charge is 0.395 e. The molecule has 0 spiro atoms. The summed E-state index contributed by atoms with van der Waals surface area (Å²) in [5.41, 5.74) is 1.25. The Kier molecular flexibility index (Phi) is 5.09. The van der Waals surface area contributed by atoms with Gasteiger partial charge in [0.25, 0.3) is 0 Å². The summed E-state index contributed by atoms with van der Waals surface area (Å²) in [5, 5.41) is 13.0. The molecule has 1 aromatic carbocycles. The van der Waals surface area contributed by atoms with Crippen LogP contribution in [0.5, 0.6) is 0 Å². The summed E-state index contributed by atoms with van der Waals surface area (Å²) < 4.78 is 0. The summed E-state index contributed by atoms with van der Waals surface area (Å²) in [4.78, 5) is 0. The maximum absolute atomic E-state index is 8.91. The molecular formula is C12H18ClNO. The van der Waals surface area contributed by atoms with Gasteiger partial charge in [-0.15, -0.1) is 0 Å². The Hall–Kier alpha value is -0.570. The minimum atomic E-state index is 0.146. The van der Waals surface area contributed by atoms with E-state index in [1.807, 2.05) is 31.2 Å². The van der Waals surface area contributed by atoms with Crippen molar-refractivity contribution in [1.82, 2.24) is 5.32 Å². The molecule has 1 rings (SSSR count). The van der Waals surface area contributed by atoms with Gasteiger partial charge in [-0.25, -0.2) is 0 Å². The number of benzene rings is 1. The minimum absolute atomic E-state index is 0.146. The molecule has 84 valence electrons. The molecule has 0 saturated heterocycles. The SMILES string of the molecule is CC(Cc1ccc(Cl)cc1)N[C@@H](C)CO. The molecule has 0 saturated carbocycles. The predicted octanol–water partition coefficient (Wildman–Crippen LogP) is 2.24. The van der Waals surface area contributed by atoms with Crippen molar-refractivity contribution < 1.29 is 5.11 Å². The van der Waals surface area contributed by atoms with Crippen molar-refractivity contribution in [1.29, 1.82) is 0 Å². The summed E-state index contributed by atoms with van der Waals surface area (Å²) >= 11 is 5.81. The van der Waals surface area contributed by atoms with Crippen LogP contribution in [0.2, 0.25) is 5.02 Å². The third-order valence-corrected chi connectivity index (χ3v) is 2.55. The van der Waals surface area contributed by atoms with E-state index in [0.717, 1.165) is 11.4 Å². The quantitative estimate of drug-likeness (QED) is 0.809. The van der Waals surface area contributed by atoms with Gasteiger partial charge in [0.15, 0.2) is 0 Å². The van der Waals surface area contributed by atoms with Crippen LogP contribution in [0.25, 0.3) is 0 Å². The first-order chi connectivity index (χ1) is 7.11. The zero-order valence-corrected chi connectivity index (χ0v) is 9.96. The highest BCUT2D eigenvalue weighted by Gasteiger charge is 2.06. The van der Waals surface area contributed by atoms with Gasteiger partial charge >= 0.3 is 0 Å². The molecular weight excluding hydrogens is 210 g/mol. The number of aliphatic hydroxyl groups excluding tert-OH is 1. The minimum Gasteiger partial charge on any atom is -0.395 e. The molecule has 0 fully saturated rings. The molecule has 0 aromatic heterocycles. The predicted molar refractivity (Wildman–Crippen MR) is 64.3 cm³/mol. The lowest BCUT2D eigenvalue weighted by molar-refractivity contribution is 0.242. The van der Waals surface area contributed by atoms with Crippen LogP contribution >= 0.6 is 11.6 Å². The summed E-state index contributed by atoms with van der Waals surface area (Å²) in [5.74, 6) is 0. The first kappa shape index (κ1) is 12.5. The molecule has 0 aliphatic rings. The zero-order chi connectivity index (χ0) is 11.3. The molecule has 0 amide bonds. The molecule has 0 aliphatic heterocycles. The molecule has 1 unspecified atom stereocenters. The van der Waals surface area contributed by atoms with E-state index in [9.17, 15) is 0 Å². The number of aliphatic hydroxyl groups is 1. The zero-order valence-electron chi connectivity index (χ0n) is 9.20. The topological polar surface area (TPSA) is 32.3 Å². The third-order valence-electron chi connectivity index (χ3n) is 2.30. The number of rotatable bonds is 5. The lowest BCUT2D eigenvalue weighted by Crippen LogP contribution is -2.37. The normalized spacial score (nSPS) is 14.9. The second kappa shape index (κ2) is 6.11. The van der Waals surface area contributed by atoms with Gasteiger partial charge in [-0.2, -0.15) is 0 Å². The van der Waals surface area contributed by atoms with Crippen molar-refractivity contribution in [3.63, 3.8) is 0 Å². The maximum Gasteiger partial charge on any atom is 0.0582 e. The second-order valence-corrected chi connectivity index (χ2v) is 4.42. The van der Waals surface area contributed by atoms with Crippen LogP contribution in [0.1, 0.15) is 19.4 Å². The van der Waals surface area contributed by atoms with E-state index in [0.29, 0.717) is 6.04 Å². The summed E-state index contributed by atoms with van der Waals surface area (Å²) in [6, 6.07) is 8.37. The van der Waals surface area contributed by atoms with E-state index < -0.39 is 0 Å². The molecule has 15 heavy (non-hydrogen) atoms. The van der Waals surface area contributed by atoms with Gasteiger partial charge in [-0.05, 0) is 38.0 Å². The molecule has 0 aliphatic carbocycles. The number of halogens is 1. The number of hydrogen-bond donors (Lipinski definition) is 2. The fourth-order valence-corrected chi connectivity index (χ4v) is 1.70. The Morgan fingerprint density at radius 3 is 2.33 bits per heavy atom. The van der Waals surface area contributed by atoms with Crippen LogP contribution in [-0.4, -0.2) is 23.8 Å². The summed E-state index contributed by atoms with van der Waals surface area (Å²) in [7, 11) is 0. The highest BCUT2D eigenvalue weighted by molar-refractivity contribution is 6.30.